The third-order valence-electron chi connectivity index (χ3n) is 6.62. The second kappa shape index (κ2) is 12.7. The van der Waals surface area contributed by atoms with Crippen LogP contribution in [0.3, 0.4) is 0 Å². The van der Waals surface area contributed by atoms with Crippen molar-refractivity contribution in [1.82, 2.24) is 5.32 Å². The van der Waals surface area contributed by atoms with Gasteiger partial charge in [-0.1, -0.05) is 93.6 Å². The van der Waals surface area contributed by atoms with E-state index >= 15 is 0 Å². The predicted molar refractivity (Wildman–Crippen MR) is 158 cm³/mol. The predicted octanol–water partition coefficient (Wildman–Crippen LogP) is 7.25. The Balaban J connectivity index is 1.91. The molecule has 0 fully saturated rings. The second-order valence-corrected chi connectivity index (χ2v) is 16.3. The first-order valence-electron chi connectivity index (χ1n) is 13.6. The highest BCUT2D eigenvalue weighted by atomic mass is 28.4. The van der Waals surface area contributed by atoms with Crippen LogP contribution in [0.4, 0.5) is 18.0 Å². The zero-order valence-electron chi connectivity index (χ0n) is 24.8. The zero-order chi connectivity index (χ0) is 30.5. The van der Waals surface area contributed by atoms with Crippen LogP contribution in [0.1, 0.15) is 65.6 Å². The fourth-order valence-corrected chi connectivity index (χ4v) is 9.49. The first-order chi connectivity index (χ1) is 19.1. The first kappa shape index (κ1) is 32.2. The minimum absolute atomic E-state index is 0.0623. The van der Waals surface area contributed by atoms with E-state index in [-0.39, 0.29) is 29.6 Å². The van der Waals surface area contributed by atoms with Crippen molar-refractivity contribution < 1.29 is 31.9 Å². The molecule has 0 radical (unpaired) electrons. The van der Waals surface area contributed by atoms with E-state index in [0.717, 1.165) is 16.4 Å². The lowest BCUT2D eigenvalue weighted by atomic mass is 10.0. The largest absolute Gasteiger partial charge is 0.490 e. The zero-order valence-corrected chi connectivity index (χ0v) is 25.8. The Morgan fingerprint density at radius 2 is 1.34 bits per heavy atom. The van der Waals surface area contributed by atoms with Crippen LogP contribution >= 0.6 is 0 Å². The summed E-state index contributed by atoms with van der Waals surface area (Å²) in [5.41, 5.74) is -1.48. The van der Waals surface area contributed by atoms with Crippen molar-refractivity contribution in [2.24, 2.45) is 0 Å². The average molecular weight is 588 g/mol. The molecule has 0 heterocycles. The van der Waals surface area contributed by atoms with Gasteiger partial charge in [0.05, 0.1) is 18.2 Å². The summed E-state index contributed by atoms with van der Waals surface area (Å²) in [7, 11) is -2.89. The molecular weight excluding hydrogens is 547 g/mol. The first-order valence-corrected chi connectivity index (χ1v) is 15.5. The number of alkyl carbamates (subject to hydrolysis) is 1. The Kier molecular flexibility index (Phi) is 9.97. The van der Waals surface area contributed by atoms with Gasteiger partial charge < -0.3 is 19.2 Å². The molecule has 3 rings (SSSR count). The molecule has 3 aromatic carbocycles. The Bertz CT molecular complexity index is 1250. The Hall–Kier alpha value is -3.30. The van der Waals surface area contributed by atoms with Crippen molar-refractivity contribution in [2.75, 3.05) is 13.2 Å². The molecule has 0 aromatic heterocycles. The quantitative estimate of drug-likeness (QED) is 0.212. The maximum absolute atomic E-state index is 14.1. The van der Waals surface area contributed by atoms with Crippen LogP contribution in [0.2, 0.25) is 5.04 Å². The van der Waals surface area contributed by atoms with Gasteiger partial charge in [-0.05, 0) is 49.2 Å². The van der Waals surface area contributed by atoms with Gasteiger partial charge in [-0.2, -0.15) is 13.2 Å². The van der Waals surface area contributed by atoms with Gasteiger partial charge in [0, 0.05) is 5.56 Å². The minimum atomic E-state index is -4.66. The summed E-state index contributed by atoms with van der Waals surface area (Å²) >= 11 is 0. The van der Waals surface area contributed by atoms with Gasteiger partial charge >= 0.3 is 12.3 Å². The summed E-state index contributed by atoms with van der Waals surface area (Å²) < 4.78 is 60.1. The van der Waals surface area contributed by atoms with Gasteiger partial charge in [0.1, 0.15) is 18.0 Å². The third-order valence-corrected chi connectivity index (χ3v) is 11.7. The number of benzene rings is 3. The lowest BCUT2D eigenvalue weighted by molar-refractivity contribution is -0.139. The summed E-state index contributed by atoms with van der Waals surface area (Å²) in [5.74, 6) is -0.338. The second-order valence-electron chi connectivity index (χ2n) is 11.9. The summed E-state index contributed by atoms with van der Waals surface area (Å²) in [6.07, 6.45) is -5.39. The number of alkyl halides is 3. The number of rotatable bonds is 9. The standard InChI is InChI=1S/C32H40F3NO4Si/c1-23(36-29(37)40-30(2,3)4)26-19-14-20-27(32(33,34)35)28(26)38-21-22-39-41(31(5,6)7,24-15-10-8-11-16-24)25-17-12-9-13-18-25/h8-20,23H,21-22H2,1-7H3,(H,36,37)/t23-/m1/s1. The number of ether oxygens (including phenoxy) is 2. The minimum Gasteiger partial charge on any atom is -0.490 e. The van der Waals surface area contributed by atoms with Gasteiger partial charge in [0.2, 0.25) is 0 Å². The van der Waals surface area contributed by atoms with Crippen LogP contribution in [-0.2, 0) is 15.3 Å². The van der Waals surface area contributed by atoms with Crippen molar-refractivity contribution >= 4 is 24.8 Å². The van der Waals surface area contributed by atoms with Gasteiger partial charge in [0.25, 0.3) is 8.32 Å². The van der Waals surface area contributed by atoms with Crippen molar-refractivity contribution in [3.8, 4) is 5.75 Å². The van der Waals surface area contributed by atoms with Crippen molar-refractivity contribution in [2.45, 2.75) is 71.3 Å². The molecule has 0 spiro atoms. The van der Waals surface area contributed by atoms with Gasteiger partial charge in [-0.3, -0.25) is 0 Å². The number of carbonyl (C=O) groups excluding carboxylic acids is 1. The third kappa shape index (κ3) is 7.92. The number of hydrogen-bond donors (Lipinski definition) is 1. The number of nitrogens with one attached hydrogen (secondary N) is 1. The smallest absolute Gasteiger partial charge is 0.419 e. The molecule has 9 heteroatoms. The SMILES string of the molecule is C[C@@H](NC(=O)OC(C)(C)C)c1cccc(C(F)(F)F)c1OCCO[Si](c1ccccc1)(c1ccccc1)C(C)(C)C. The van der Waals surface area contributed by atoms with E-state index in [0.29, 0.717) is 0 Å². The number of hydrogen-bond acceptors (Lipinski definition) is 4. The van der Waals surface area contributed by atoms with Gasteiger partial charge in [0.15, 0.2) is 0 Å². The summed E-state index contributed by atoms with van der Waals surface area (Å²) in [6.45, 7) is 13.0. The molecule has 1 N–H and O–H groups in total. The number of carbonyl (C=O) groups is 1. The van der Waals surface area contributed by atoms with Crippen molar-refractivity contribution in [3.63, 3.8) is 0 Å². The maximum atomic E-state index is 14.1. The van der Waals surface area contributed by atoms with Gasteiger partial charge in [-0.25, -0.2) is 4.79 Å². The van der Waals surface area contributed by atoms with Crippen LogP contribution in [0, 0.1) is 0 Å². The highest BCUT2D eigenvalue weighted by molar-refractivity contribution is 6.99. The molecule has 222 valence electrons. The molecule has 0 aliphatic rings. The molecule has 1 amide bonds. The summed E-state index contributed by atoms with van der Waals surface area (Å²) in [6, 6.07) is 22.9. The van der Waals surface area contributed by atoms with Gasteiger partial charge in [-0.15, -0.1) is 0 Å². The topological polar surface area (TPSA) is 56.8 Å². The summed E-state index contributed by atoms with van der Waals surface area (Å²) in [5, 5.41) is 4.44. The molecule has 1 atom stereocenters. The highest BCUT2D eigenvalue weighted by Gasteiger charge is 2.50. The Morgan fingerprint density at radius 1 is 0.805 bits per heavy atom. The van der Waals surface area contributed by atoms with E-state index in [1.807, 2.05) is 60.7 Å². The molecule has 0 bridgehead atoms. The van der Waals surface area contributed by atoms with Crippen LogP contribution in [0.25, 0.3) is 0 Å². The lowest BCUT2D eigenvalue weighted by Crippen LogP contribution is -2.66. The molecule has 3 aromatic rings. The van der Waals surface area contributed by atoms with Crippen molar-refractivity contribution in [3.05, 3.63) is 90.0 Å². The fourth-order valence-electron chi connectivity index (χ4n) is 4.94. The highest BCUT2D eigenvalue weighted by Crippen LogP contribution is 2.41. The number of para-hydroxylation sites is 1. The van der Waals surface area contributed by atoms with Crippen LogP contribution < -0.4 is 20.4 Å². The molecule has 0 aliphatic carbocycles. The lowest BCUT2D eigenvalue weighted by Gasteiger charge is -2.43. The fraction of sp³-hybridized carbons (Fsp3) is 0.406. The molecule has 0 saturated heterocycles. The van der Waals surface area contributed by atoms with E-state index < -0.39 is 37.8 Å². The molecule has 41 heavy (non-hydrogen) atoms. The monoisotopic (exact) mass is 587 g/mol. The van der Waals surface area contributed by atoms with E-state index in [2.05, 4.69) is 26.1 Å². The molecule has 0 aliphatic heterocycles. The number of halogens is 3. The average Bonchev–Trinajstić information content (AvgIpc) is 2.87. The molecular formula is C32H40F3NO4Si. The molecule has 0 unspecified atom stereocenters. The van der Waals surface area contributed by atoms with Crippen molar-refractivity contribution in [1.29, 1.82) is 0 Å². The summed E-state index contributed by atoms with van der Waals surface area (Å²) in [4.78, 5) is 12.4. The molecule has 5 nitrogen and oxygen atoms in total. The normalized spacial score (nSPS) is 13.4. The van der Waals surface area contributed by atoms with E-state index in [1.54, 1.807) is 27.7 Å². The van der Waals surface area contributed by atoms with Crippen LogP contribution in [0.15, 0.2) is 78.9 Å². The van der Waals surface area contributed by atoms with E-state index in [1.165, 1.54) is 12.1 Å². The van der Waals surface area contributed by atoms with Crippen LogP contribution in [-0.4, -0.2) is 33.2 Å². The van der Waals surface area contributed by atoms with Crippen LogP contribution in [0.5, 0.6) is 5.75 Å². The van der Waals surface area contributed by atoms with E-state index in [4.69, 9.17) is 13.9 Å². The Morgan fingerprint density at radius 3 is 1.80 bits per heavy atom. The molecule has 0 saturated carbocycles. The number of amides is 1. The van der Waals surface area contributed by atoms with E-state index in [9.17, 15) is 18.0 Å². The Labute approximate surface area is 242 Å². The maximum Gasteiger partial charge on any atom is 0.419 e.